The van der Waals surface area contributed by atoms with Crippen LogP contribution in [0.4, 0.5) is 5.69 Å². The van der Waals surface area contributed by atoms with Gasteiger partial charge in [0.1, 0.15) is 0 Å². The lowest BCUT2D eigenvalue weighted by Gasteiger charge is -2.18. The van der Waals surface area contributed by atoms with E-state index in [0.717, 1.165) is 24.2 Å². The number of hydrogen-bond donors (Lipinski definition) is 1. The Morgan fingerprint density at radius 2 is 2.18 bits per heavy atom. The summed E-state index contributed by atoms with van der Waals surface area (Å²) in [5.41, 5.74) is 3.51. The Labute approximate surface area is 103 Å². The van der Waals surface area contributed by atoms with Gasteiger partial charge in [-0.25, -0.2) is 0 Å². The lowest BCUT2D eigenvalue weighted by Crippen LogP contribution is -2.21. The van der Waals surface area contributed by atoms with Crippen LogP contribution in [0.1, 0.15) is 37.4 Å². The van der Waals surface area contributed by atoms with Crippen molar-refractivity contribution in [2.45, 2.75) is 32.7 Å². The topological polar surface area (TPSA) is 32.3 Å². The zero-order valence-electron chi connectivity index (χ0n) is 10.8. The predicted molar refractivity (Wildman–Crippen MR) is 70.3 cm³/mol. The Morgan fingerprint density at radius 1 is 1.41 bits per heavy atom. The molecule has 1 heterocycles. The van der Waals surface area contributed by atoms with Crippen molar-refractivity contribution in [3.8, 4) is 0 Å². The highest BCUT2D eigenvalue weighted by Crippen LogP contribution is 2.30. The van der Waals surface area contributed by atoms with Gasteiger partial charge in [-0.05, 0) is 30.2 Å². The zero-order valence-corrected chi connectivity index (χ0v) is 10.8. The van der Waals surface area contributed by atoms with Crippen LogP contribution in [0.3, 0.4) is 0 Å². The maximum absolute atomic E-state index is 11.6. The molecule has 1 unspecified atom stereocenters. The van der Waals surface area contributed by atoms with Gasteiger partial charge in [0.15, 0.2) is 0 Å². The molecular weight excluding hydrogens is 212 g/mol. The Hall–Kier alpha value is -1.35. The van der Waals surface area contributed by atoms with Crippen LogP contribution in [0.15, 0.2) is 18.2 Å². The summed E-state index contributed by atoms with van der Waals surface area (Å²) in [6, 6.07) is 6.76. The third kappa shape index (κ3) is 2.20. The minimum Gasteiger partial charge on any atom is -0.315 e. The predicted octanol–water partition coefficient (Wildman–Crippen LogP) is 2.27. The summed E-state index contributed by atoms with van der Waals surface area (Å²) in [6.45, 7) is 5.26. The fraction of sp³-hybridized carbons (Fsp3) is 0.500. The Kier molecular flexibility index (Phi) is 3.48. The van der Waals surface area contributed by atoms with Crippen molar-refractivity contribution in [3.63, 3.8) is 0 Å². The minimum atomic E-state index is 0.189. The number of rotatable bonds is 4. The van der Waals surface area contributed by atoms with E-state index in [1.165, 1.54) is 5.56 Å². The zero-order chi connectivity index (χ0) is 12.4. The largest absolute Gasteiger partial charge is 0.315 e. The molecule has 3 heteroatoms. The molecular formula is C14H20N2O. The smallest absolute Gasteiger partial charge is 0.231 e. The lowest BCUT2D eigenvalue weighted by molar-refractivity contribution is -0.117. The number of anilines is 1. The first-order valence-electron chi connectivity index (χ1n) is 6.30. The van der Waals surface area contributed by atoms with E-state index in [9.17, 15) is 4.79 Å². The molecule has 0 aromatic heterocycles. The van der Waals surface area contributed by atoms with Crippen molar-refractivity contribution in [3.05, 3.63) is 29.3 Å². The molecule has 2 rings (SSSR count). The van der Waals surface area contributed by atoms with Gasteiger partial charge in [0, 0.05) is 18.8 Å². The number of benzene rings is 1. The summed E-state index contributed by atoms with van der Waals surface area (Å²) in [4.78, 5) is 13.4. The Morgan fingerprint density at radius 3 is 2.82 bits per heavy atom. The lowest BCUT2D eigenvalue weighted by atomic mass is 10.0. The van der Waals surface area contributed by atoms with Crippen molar-refractivity contribution < 1.29 is 4.79 Å². The first-order valence-corrected chi connectivity index (χ1v) is 6.30. The maximum Gasteiger partial charge on any atom is 0.231 e. The molecule has 1 N–H and O–H groups in total. The van der Waals surface area contributed by atoms with E-state index in [-0.39, 0.29) is 5.91 Å². The summed E-state index contributed by atoms with van der Waals surface area (Å²) in [5.74, 6) is 0.189. The van der Waals surface area contributed by atoms with Crippen LogP contribution >= 0.6 is 0 Å². The summed E-state index contributed by atoms with van der Waals surface area (Å²) < 4.78 is 0. The molecule has 1 aromatic rings. The summed E-state index contributed by atoms with van der Waals surface area (Å²) in [5, 5.41) is 3.46. The molecule has 1 aromatic carbocycles. The summed E-state index contributed by atoms with van der Waals surface area (Å²) >= 11 is 0. The van der Waals surface area contributed by atoms with Gasteiger partial charge in [0.05, 0.1) is 6.42 Å². The number of amides is 1. The highest BCUT2D eigenvalue weighted by atomic mass is 16.2. The normalized spacial score (nSPS) is 16.2. The van der Waals surface area contributed by atoms with Crippen LogP contribution in [0, 0.1) is 0 Å². The fourth-order valence-corrected chi connectivity index (χ4v) is 2.45. The number of carbonyl (C=O) groups is 1. The molecule has 0 saturated heterocycles. The van der Waals surface area contributed by atoms with E-state index < -0.39 is 0 Å². The number of fused-ring (bicyclic) bond motifs is 1. The fourth-order valence-electron chi connectivity index (χ4n) is 2.45. The molecule has 0 saturated carbocycles. The molecule has 0 bridgehead atoms. The van der Waals surface area contributed by atoms with Crippen molar-refractivity contribution in [2.24, 2.45) is 0 Å². The van der Waals surface area contributed by atoms with Crippen LogP contribution < -0.4 is 10.2 Å². The molecule has 0 spiro atoms. The second-order valence-electron chi connectivity index (χ2n) is 4.54. The van der Waals surface area contributed by atoms with Crippen molar-refractivity contribution in [1.82, 2.24) is 5.32 Å². The molecule has 1 amide bonds. The first kappa shape index (κ1) is 12.1. The monoisotopic (exact) mass is 232 g/mol. The molecule has 3 nitrogen and oxygen atoms in total. The summed E-state index contributed by atoms with van der Waals surface area (Å²) in [7, 11) is 1.84. The Bertz CT molecular complexity index is 428. The van der Waals surface area contributed by atoms with E-state index >= 15 is 0 Å². The molecule has 1 aliphatic rings. The van der Waals surface area contributed by atoms with Crippen LogP contribution in [0.2, 0.25) is 0 Å². The standard InChI is InChI=1S/C14H20N2O/c1-4-12(15-5-2)10-6-7-13-11(8-10)9-14(17)16(13)3/h6-8,12,15H,4-5,9H2,1-3H3. The van der Waals surface area contributed by atoms with Crippen molar-refractivity contribution in [1.29, 1.82) is 0 Å². The second-order valence-corrected chi connectivity index (χ2v) is 4.54. The van der Waals surface area contributed by atoms with Gasteiger partial charge in [-0.2, -0.15) is 0 Å². The minimum absolute atomic E-state index is 0.189. The second kappa shape index (κ2) is 4.88. The molecule has 1 aliphatic heterocycles. The van der Waals surface area contributed by atoms with Gasteiger partial charge in [-0.3, -0.25) is 4.79 Å². The number of nitrogens with zero attached hydrogens (tertiary/aromatic N) is 1. The van der Waals surface area contributed by atoms with Gasteiger partial charge in [-0.1, -0.05) is 26.0 Å². The highest BCUT2D eigenvalue weighted by Gasteiger charge is 2.24. The maximum atomic E-state index is 11.6. The number of likely N-dealkylation sites (N-methyl/N-ethyl adjacent to an activating group) is 1. The third-order valence-electron chi connectivity index (χ3n) is 3.44. The van der Waals surface area contributed by atoms with Crippen LogP contribution in [0.25, 0.3) is 0 Å². The van der Waals surface area contributed by atoms with E-state index in [0.29, 0.717) is 12.5 Å². The molecule has 92 valence electrons. The van der Waals surface area contributed by atoms with Gasteiger partial charge < -0.3 is 10.2 Å². The van der Waals surface area contributed by atoms with E-state index in [4.69, 9.17) is 0 Å². The van der Waals surface area contributed by atoms with E-state index in [1.54, 1.807) is 4.90 Å². The molecule has 0 radical (unpaired) electrons. The average molecular weight is 232 g/mol. The van der Waals surface area contributed by atoms with Crippen molar-refractivity contribution in [2.75, 3.05) is 18.5 Å². The average Bonchev–Trinajstić information content (AvgIpc) is 2.61. The van der Waals surface area contributed by atoms with Gasteiger partial charge >= 0.3 is 0 Å². The van der Waals surface area contributed by atoms with E-state index in [1.807, 2.05) is 7.05 Å². The van der Waals surface area contributed by atoms with Gasteiger partial charge in [0.2, 0.25) is 5.91 Å². The van der Waals surface area contributed by atoms with Crippen LogP contribution in [-0.2, 0) is 11.2 Å². The van der Waals surface area contributed by atoms with Crippen LogP contribution in [0.5, 0.6) is 0 Å². The van der Waals surface area contributed by atoms with Gasteiger partial charge in [0.25, 0.3) is 0 Å². The molecule has 0 aliphatic carbocycles. The quantitative estimate of drug-likeness (QED) is 0.863. The Balaban J connectivity index is 2.29. The molecule has 1 atom stereocenters. The third-order valence-corrected chi connectivity index (χ3v) is 3.44. The van der Waals surface area contributed by atoms with Gasteiger partial charge in [-0.15, -0.1) is 0 Å². The number of carbonyl (C=O) groups excluding carboxylic acids is 1. The van der Waals surface area contributed by atoms with E-state index in [2.05, 4.69) is 37.4 Å². The molecule has 17 heavy (non-hydrogen) atoms. The molecule has 0 fully saturated rings. The SMILES string of the molecule is CCNC(CC)c1ccc2c(c1)CC(=O)N2C. The van der Waals surface area contributed by atoms with Crippen molar-refractivity contribution >= 4 is 11.6 Å². The highest BCUT2D eigenvalue weighted by molar-refractivity contribution is 6.00. The number of hydrogen-bond acceptors (Lipinski definition) is 2. The first-order chi connectivity index (χ1) is 8.17. The number of nitrogens with one attached hydrogen (secondary N) is 1. The van der Waals surface area contributed by atoms with Crippen LogP contribution in [-0.4, -0.2) is 19.5 Å². The summed E-state index contributed by atoms with van der Waals surface area (Å²) in [6.07, 6.45) is 1.61.